The number of hydrogen-bond donors (Lipinski definition) is 1. The minimum atomic E-state index is 0.0548. The summed E-state index contributed by atoms with van der Waals surface area (Å²) in [5, 5.41) is 3.91. The van der Waals surface area contributed by atoms with Crippen molar-refractivity contribution in [2.75, 3.05) is 27.4 Å². The topological polar surface area (TPSA) is 39.7 Å². The Morgan fingerprint density at radius 3 is 2.89 bits per heavy atom. The summed E-state index contributed by atoms with van der Waals surface area (Å²) < 4.78 is 16.7. The molecule has 0 bridgehead atoms. The zero-order valence-electron chi connectivity index (χ0n) is 11.3. The fourth-order valence-corrected chi connectivity index (χ4v) is 2.37. The molecule has 106 valence electrons. The molecule has 4 nitrogen and oxygen atoms in total. The first-order chi connectivity index (χ1) is 9.24. The van der Waals surface area contributed by atoms with Gasteiger partial charge in [-0.05, 0) is 25.2 Å². The Bertz CT molecular complexity index is 402. The third kappa shape index (κ3) is 3.83. The van der Waals surface area contributed by atoms with Crippen molar-refractivity contribution in [3.63, 3.8) is 0 Å². The fraction of sp³-hybridized carbons (Fsp3) is 0.571. The Labute approximate surface area is 119 Å². The molecule has 0 aromatic heterocycles. The average molecular weight is 286 g/mol. The predicted octanol–water partition coefficient (Wildman–Crippen LogP) is 2.11. The molecule has 1 aliphatic rings. The van der Waals surface area contributed by atoms with Crippen molar-refractivity contribution in [1.29, 1.82) is 0 Å². The van der Waals surface area contributed by atoms with Gasteiger partial charge in [0.15, 0.2) is 0 Å². The summed E-state index contributed by atoms with van der Waals surface area (Å²) >= 11 is 5.94. The van der Waals surface area contributed by atoms with Crippen LogP contribution in [0.4, 0.5) is 0 Å². The molecule has 0 amide bonds. The number of halogens is 1. The van der Waals surface area contributed by atoms with Crippen LogP contribution in [0, 0.1) is 0 Å². The number of methoxy groups -OCH3 is 1. The lowest BCUT2D eigenvalue weighted by Crippen LogP contribution is -2.60. The molecule has 1 N–H and O–H groups in total. The van der Waals surface area contributed by atoms with E-state index in [0.29, 0.717) is 24.3 Å². The van der Waals surface area contributed by atoms with Gasteiger partial charge in [-0.1, -0.05) is 17.7 Å². The zero-order chi connectivity index (χ0) is 13.7. The largest absolute Gasteiger partial charge is 0.488 e. The second kappa shape index (κ2) is 7.10. The first kappa shape index (κ1) is 14.6. The molecule has 1 aliphatic carbocycles. The highest BCUT2D eigenvalue weighted by Crippen LogP contribution is 2.29. The summed E-state index contributed by atoms with van der Waals surface area (Å²) in [6.07, 6.45) is 1.05. The first-order valence-corrected chi connectivity index (χ1v) is 6.82. The van der Waals surface area contributed by atoms with E-state index < -0.39 is 0 Å². The molecule has 1 saturated carbocycles. The van der Waals surface area contributed by atoms with Crippen LogP contribution in [0.5, 0.6) is 5.75 Å². The normalized spacial score (nSPS) is 25.9. The van der Waals surface area contributed by atoms with E-state index in [1.807, 2.05) is 31.3 Å². The van der Waals surface area contributed by atoms with E-state index in [1.54, 1.807) is 7.11 Å². The van der Waals surface area contributed by atoms with E-state index in [2.05, 4.69) is 5.32 Å². The highest BCUT2D eigenvalue weighted by atomic mass is 35.5. The third-order valence-electron chi connectivity index (χ3n) is 3.30. The van der Waals surface area contributed by atoms with Crippen LogP contribution in [0.3, 0.4) is 0 Å². The number of benzene rings is 1. The van der Waals surface area contributed by atoms with Crippen molar-refractivity contribution in [1.82, 2.24) is 5.32 Å². The van der Waals surface area contributed by atoms with Gasteiger partial charge in [0.2, 0.25) is 0 Å². The highest BCUT2D eigenvalue weighted by molar-refractivity contribution is 6.30. The third-order valence-corrected chi connectivity index (χ3v) is 3.54. The van der Waals surface area contributed by atoms with Gasteiger partial charge in [0.05, 0.1) is 13.2 Å². The minimum Gasteiger partial charge on any atom is -0.488 e. The van der Waals surface area contributed by atoms with E-state index >= 15 is 0 Å². The van der Waals surface area contributed by atoms with Gasteiger partial charge < -0.3 is 19.5 Å². The molecule has 0 radical (unpaired) electrons. The Balaban J connectivity index is 1.88. The average Bonchev–Trinajstić information content (AvgIpc) is 2.39. The van der Waals surface area contributed by atoms with E-state index in [0.717, 1.165) is 12.2 Å². The van der Waals surface area contributed by atoms with Crippen LogP contribution in [-0.2, 0) is 9.47 Å². The lowest BCUT2D eigenvalue weighted by Gasteiger charge is -2.43. The van der Waals surface area contributed by atoms with Crippen molar-refractivity contribution in [3.05, 3.63) is 29.3 Å². The van der Waals surface area contributed by atoms with Crippen molar-refractivity contribution >= 4 is 11.6 Å². The van der Waals surface area contributed by atoms with Gasteiger partial charge in [0.1, 0.15) is 18.0 Å². The summed E-state index contributed by atoms with van der Waals surface area (Å²) in [6, 6.07) is 7.77. The number of hydrogen-bond acceptors (Lipinski definition) is 4. The monoisotopic (exact) mass is 285 g/mol. The van der Waals surface area contributed by atoms with Gasteiger partial charge >= 0.3 is 0 Å². The summed E-state index contributed by atoms with van der Waals surface area (Å²) in [4.78, 5) is 0. The van der Waals surface area contributed by atoms with Crippen LogP contribution in [0.1, 0.15) is 6.42 Å². The van der Waals surface area contributed by atoms with Crippen LogP contribution < -0.4 is 10.1 Å². The SMILES string of the molecule is CNC1CC(Oc2cccc(Cl)c2)C1OCCOC. The molecule has 1 aromatic carbocycles. The molecule has 0 spiro atoms. The van der Waals surface area contributed by atoms with Crippen LogP contribution in [0.25, 0.3) is 0 Å². The molecular weight excluding hydrogens is 266 g/mol. The Morgan fingerprint density at radius 1 is 1.37 bits per heavy atom. The second-order valence-corrected chi connectivity index (χ2v) is 5.01. The van der Waals surface area contributed by atoms with E-state index in [1.165, 1.54) is 0 Å². The molecule has 3 unspecified atom stereocenters. The van der Waals surface area contributed by atoms with Crippen molar-refractivity contribution in [2.24, 2.45) is 0 Å². The summed E-state index contributed by atoms with van der Waals surface area (Å²) in [6.45, 7) is 1.17. The molecule has 0 saturated heterocycles. The Hall–Kier alpha value is -0.810. The number of likely N-dealkylation sites (N-methyl/N-ethyl adjacent to an activating group) is 1. The van der Waals surface area contributed by atoms with E-state index in [-0.39, 0.29) is 12.2 Å². The van der Waals surface area contributed by atoms with Gasteiger partial charge in [-0.25, -0.2) is 0 Å². The summed E-state index contributed by atoms with van der Waals surface area (Å²) in [7, 11) is 3.60. The van der Waals surface area contributed by atoms with Crippen LogP contribution in [-0.4, -0.2) is 45.6 Å². The van der Waals surface area contributed by atoms with Crippen molar-refractivity contribution < 1.29 is 14.2 Å². The maximum Gasteiger partial charge on any atom is 0.128 e. The van der Waals surface area contributed by atoms with Gasteiger partial charge in [-0.3, -0.25) is 0 Å². The predicted molar refractivity (Wildman–Crippen MR) is 74.9 cm³/mol. The molecule has 1 aromatic rings. The Morgan fingerprint density at radius 2 is 2.21 bits per heavy atom. The van der Waals surface area contributed by atoms with E-state index in [9.17, 15) is 0 Å². The lowest BCUT2D eigenvalue weighted by atomic mass is 9.85. The van der Waals surface area contributed by atoms with E-state index in [4.69, 9.17) is 25.8 Å². The molecule has 3 atom stereocenters. The maximum absolute atomic E-state index is 5.94. The highest BCUT2D eigenvalue weighted by Gasteiger charge is 2.43. The number of rotatable bonds is 7. The molecular formula is C14H20ClNO3. The van der Waals surface area contributed by atoms with Crippen LogP contribution >= 0.6 is 11.6 Å². The smallest absolute Gasteiger partial charge is 0.128 e. The maximum atomic E-state index is 5.94. The number of nitrogens with one attached hydrogen (secondary N) is 1. The molecule has 0 heterocycles. The lowest BCUT2D eigenvalue weighted by molar-refractivity contribution is -0.114. The molecule has 1 fully saturated rings. The van der Waals surface area contributed by atoms with Gasteiger partial charge in [-0.15, -0.1) is 0 Å². The van der Waals surface area contributed by atoms with Gasteiger partial charge in [0.25, 0.3) is 0 Å². The van der Waals surface area contributed by atoms with Crippen molar-refractivity contribution in [2.45, 2.75) is 24.7 Å². The summed E-state index contributed by atoms with van der Waals surface area (Å²) in [5.74, 6) is 0.785. The molecule has 5 heteroatoms. The molecule has 0 aliphatic heterocycles. The van der Waals surface area contributed by atoms with Gasteiger partial charge in [-0.2, -0.15) is 0 Å². The standard InChI is InChI=1S/C14H20ClNO3/c1-16-12-9-13(14(12)18-7-6-17-2)19-11-5-3-4-10(15)8-11/h3-5,8,12-14,16H,6-7,9H2,1-2H3. The molecule has 2 rings (SSSR count). The molecule has 19 heavy (non-hydrogen) atoms. The second-order valence-electron chi connectivity index (χ2n) is 4.57. The quantitative estimate of drug-likeness (QED) is 0.779. The van der Waals surface area contributed by atoms with Gasteiger partial charge in [0, 0.05) is 24.6 Å². The van der Waals surface area contributed by atoms with Crippen molar-refractivity contribution in [3.8, 4) is 5.75 Å². The summed E-state index contributed by atoms with van der Waals surface area (Å²) in [5.41, 5.74) is 0. The minimum absolute atomic E-state index is 0.0548. The van der Waals surface area contributed by atoms with Crippen LogP contribution in [0.2, 0.25) is 5.02 Å². The Kier molecular flexibility index (Phi) is 5.45. The first-order valence-electron chi connectivity index (χ1n) is 6.44. The van der Waals surface area contributed by atoms with Crippen LogP contribution in [0.15, 0.2) is 24.3 Å². The fourth-order valence-electron chi connectivity index (χ4n) is 2.19. The zero-order valence-corrected chi connectivity index (χ0v) is 12.0. The number of ether oxygens (including phenoxy) is 3.